The second-order valence-corrected chi connectivity index (χ2v) is 7.97. The molecule has 2 aliphatic heterocycles. The normalized spacial score (nSPS) is 24.7. The Bertz CT molecular complexity index is 932. The van der Waals surface area contributed by atoms with Gasteiger partial charge in [0.15, 0.2) is 0 Å². The number of nitrogens with one attached hydrogen (secondary N) is 1. The molecule has 29 heavy (non-hydrogen) atoms. The van der Waals surface area contributed by atoms with Gasteiger partial charge >= 0.3 is 5.97 Å². The molecule has 0 saturated carbocycles. The van der Waals surface area contributed by atoms with Crippen LogP contribution in [0.4, 0.5) is 0 Å². The fourth-order valence-electron chi connectivity index (χ4n) is 5.28. The van der Waals surface area contributed by atoms with Gasteiger partial charge in [-0.25, -0.2) is 4.79 Å². The van der Waals surface area contributed by atoms with Crippen LogP contribution in [-0.2, 0) is 20.7 Å². The number of piperidine rings is 1. The largest absolute Gasteiger partial charge is 0.504 e. The molecule has 1 aromatic carbocycles. The Balaban J connectivity index is 1.76. The van der Waals surface area contributed by atoms with Crippen LogP contribution in [0.2, 0.25) is 0 Å². The van der Waals surface area contributed by atoms with Gasteiger partial charge in [-0.3, -0.25) is 4.90 Å². The van der Waals surface area contributed by atoms with Crippen LogP contribution in [0.5, 0.6) is 5.75 Å². The van der Waals surface area contributed by atoms with Crippen LogP contribution in [0.25, 0.3) is 10.9 Å². The minimum Gasteiger partial charge on any atom is -0.504 e. The number of methoxy groups -OCH3 is 3. The molecule has 1 saturated heterocycles. The smallest absolute Gasteiger partial charge is 0.337 e. The van der Waals surface area contributed by atoms with Crippen LogP contribution in [0.3, 0.4) is 0 Å². The minimum absolute atomic E-state index is 0.105. The summed E-state index contributed by atoms with van der Waals surface area (Å²) in [5.74, 6) is 1.12. The number of rotatable bonds is 5. The van der Waals surface area contributed by atoms with Crippen molar-refractivity contribution >= 4 is 16.9 Å². The van der Waals surface area contributed by atoms with Gasteiger partial charge in [-0.15, -0.1) is 0 Å². The lowest BCUT2D eigenvalue weighted by Crippen LogP contribution is -2.47. The second kappa shape index (κ2) is 8.11. The van der Waals surface area contributed by atoms with E-state index in [0.717, 1.165) is 43.6 Å². The molecule has 1 aromatic heterocycles. The molecule has 3 heterocycles. The van der Waals surface area contributed by atoms with E-state index in [9.17, 15) is 4.79 Å². The van der Waals surface area contributed by atoms with Gasteiger partial charge in [0.2, 0.25) is 0 Å². The van der Waals surface area contributed by atoms with E-state index in [4.69, 9.17) is 14.2 Å². The molecule has 4 rings (SSSR count). The molecule has 0 amide bonds. The van der Waals surface area contributed by atoms with Gasteiger partial charge in [-0.1, -0.05) is 19.4 Å². The molecule has 1 fully saturated rings. The molecule has 1 unspecified atom stereocenters. The van der Waals surface area contributed by atoms with E-state index < -0.39 is 0 Å². The van der Waals surface area contributed by atoms with E-state index in [1.54, 1.807) is 20.5 Å². The van der Waals surface area contributed by atoms with Gasteiger partial charge in [0.25, 0.3) is 0 Å². The zero-order valence-corrected chi connectivity index (χ0v) is 17.7. The number of benzene rings is 1. The van der Waals surface area contributed by atoms with Crippen molar-refractivity contribution in [2.24, 2.45) is 11.8 Å². The number of carbonyl (C=O) groups is 1. The molecule has 6 heteroatoms. The SMILES string of the molecule is CCC1CN2CCc3c([nH]c4cccc(OC)c34)[C@@H]2C[C@@H]1C(=COC)C(=O)OC. The quantitative estimate of drug-likeness (QED) is 0.471. The van der Waals surface area contributed by atoms with Gasteiger partial charge in [0, 0.05) is 29.7 Å². The van der Waals surface area contributed by atoms with Crippen molar-refractivity contribution in [3.63, 3.8) is 0 Å². The summed E-state index contributed by atoms with van der Waals surface area (Å²) in [6.45, 7) is 4.19. The maximum Gasteiger partial charge on any atom is 0.337 e. The van der Waals surface area contributed by atoms with Gasteiger partial charge in [-0.05, 0) is 42.4 Å². The lowest BCUT2D eigenvalue weighted by Gasteiger charge is -2.46. The summed E-state index contributed by atoms with van der Waals surface area (Å²) in [5, 5.41) is 1.19. The molecule has 0 spiro atoms. The molecule has 1 N–H and O–H groups in total. The lowest BCUT2D eigenvalue weighted by molar-refractivity contribution is -0.137. The zero-order valence-electron chi connectivity index (χ0n) is 17.7. The molecule has 2 aromatic rings. The number of aromatic nitrogens is 1. The van der Waals surface area contributed by atoms with E-state index in [-0.39, 0.29) is 17.9 Å². The first-order valence-electron chi connectivity index (χ1n) is 10.4. The van der Waals surface area contributed by atoms with Crippen molar-refractivity contribution < 1.29 is 19.0 Å². The minimum atomic E-state index is -0.293. The van der Waals surface area contributed by atoms with Crippen molar-refractivity contribution in [3.05, 3.63) is 41.3 Å². The maximum atomic E-state index is 12.5. The van der Waals surface area contributed by atoms with Crippen LogP contribution in [0, 0.1) is 11.8 Å². The summed E-state index contributed by atoms with van der Waals surface area (Å²) in [7, 11) is 4.75. The van der Waals surface area contributed by atoms with E-state index in [2.05, 4.69) is 22.9 Å². The Morgan fingerprint density at radius 3 is 2.83 bits per heavy atom. The maximum absolute atomic E-state index is 12.5. The number of carbonyl (C=O) groups excluding carboxylic acids is 1. The Morgan fingerprint density at radius 1 is 1.31 bits per heavy atom. The highest BCUT2D eigenvalue weighted by Gasteiger charge is 2.42. The number of hydrogen-bond acceptors (Lipinski definition) is 5. The number of aromatic amines is 1. The van der Waals surface area contributed by atoms with Crippen molar-refractivity contribution in [1.82, 2.24) is 9.88 Å². The molecule has 2 aliphatic rings. The van der Waals surface area contributed by atoms with Crippen molar-refractivity contribution in [1.29, 1.82) is 0 Å². The summed E-state index contributed by atoms with van der Waals surface area (Å²) in [5.41, 5.74) is 4.37. The highest BCUT2D eigenvalue weighted by molar-refractivity contribution is 5.91. The monoisotopic (exact) mass is 398 g/mol. The summed E-state index contributed by atoms with van der Waals surface area (Å²) >= 11 is 0. The molecule has 6 nitrogen and oxygen atoms in total. The van der Waals surface area contributed by atoms with E-state index in [1.165, 1.54) is 23.8 Å². The number of esters is 1. The van der Waals surface area contributed by atoms with Gasteiger partial charge in [0.05, 0.1) is 39.2 Å². The van der Waals surface area contributed by atoms with Gasteiger partial charge in [0.1, 0.15) is 5.75 Å². The van der Waals surface area contributed by atoms with Gasteiger partial charge < -0.3 is 19.2 Å². The predicted octanol–water partition coefficient (Wildman–Crippen LogP) is 3.83. The third-order valence-electron chi connectivity index (χ3n) is 6.67. The predicted molar refractivity (Wildman–Crippen MR) is 112 cm³/mol. The fourth-order valence-corrected chi connectivity index (χ4v) is 5.28. The first-order valence-corrected chi connectivity index (χ1v) is 10.4. The average Bonchev–Trinajstić information content (AvgIpc) is 3.15. The first-order chi connectivity index (χ1) is 14.1. The lowest BCUT2D eigenvalue weighted by atomic mass is 9.74. The topological polar surface area (TPSA) is 63.8 Å². The van der Waals surface area contributed by atoms with Gasteiger partial charge in [-0.2, -0.15) is 0 Å². The summed E-state index contributed by atoms with van der Waals surface area (Å²) in [4.78, 5) is 18.7. The Labute approximate surface area is 171 Å². The van der Waals surface area contributed by atoms with E-state index >= 15 is 0 Å². The Morgan fingerprint density at radius 2 is 2.14 bits per heavy atom. The highest BCUT2D eigenvalue weighted by Crippen LogP contribution is 2.47. The third kappa shape index (κ3) is 3.29. The van der Waals surface area contributed by atoms with Crippen LogP contribution >= 0.6 is 0 Å². The number of ether oxygens (including phenoxy) is 3. The van der Waals surface area contributed by atoms with Crippen molar-refractivity contribution in [2.45, 2.75) is 32.2 Å². The highest BCUT2D eigenvalue weighted by atomic mass is 16.5. The fraction of sp³-hybridized carbons (Fsp3) is 0.522. The molecule has 3 atom stereocenters. The van der Waals surface area contributed by atoms with Crippen LogP contribution < -0.4 is 4.74 Å². The summed E-state index contributed by atoms with van der Waals surface area (Å²) < 4.78 is 16.0. The van der Waals surface area contributed by atoms with Crippen molar-refractivity contribution in [2.75, 3.05) is 34.4 Å². The third-order valence-corrected chi connectivity index (χ3v) is 6.67. The first kappa shape index (κ1) is 19.8. The molecule has 156 valence electrons. The number of nitrogens with zero attached hydrogens (tertiary/aromatic N) is 1. The average molecular weight is 399 g/mol. The zero-order chi connectivity index (χ0) is 20.5. The van der Waals surface area contributed by atoms with E-state index in [1.807, 2.05) is 12.1 Å². The number of fused-ring (bicyclic) bond motifs is 5. The number of H-pyrrole nitrogens is 1. The van der Waals surface area contributed by atoms with Crippen molar-refractivity contribution in [3.8, 4) is 5.75 Å². The van der Waals surface area contributed by atoms with Crippen LogP contribution in [0.1, 0.15) is 37.1 Å². The molecular formula is C23H30N2O4. The Hall–Kier alpha value is -2.47. The van der Waals surface area contributed by atoms with Crippen LogP contribution in [0.15, 0.2) is 30.0 Å². The molecule has 0 aliphatic carbocycles. The molecular weight excluding hydrogens is 368 g/mol. The Kier molecular flexibility index (Phi) is 5.54. The van der Waals surface area contributed by atoms with Crippen LogP contribution in [-0.4, -0.2) is 50.3 Å². The summed E-state index contributed by atoms with van der Waals surface area (Å²) in [6, 6.07) is 6.40. The van der Waals surface area contributed by atoms with E-state index in [0.29, 0.717) is 11.5 Å². The summed E-state index contributed by atoms with van der Waals surface area (Å²) in [6.07, 6.45) is 4.46. The number of hydrogen-bond donors (Lipinski definition) is 1. The standard InChI is InChI=1S/C23H30N2O4/c1-5-14-12-25-10-9-15-21-18(7-6-8-20(21)28-3)24-22(15)19(25)11-16(14)17(13-27-2)23(26)29-4/h6-8,13-14,16,19,24H,5,9-12H2,1-4H3/t14?,16-,19-/m0/s1. The molecule has 0 radical (unpaired) electrons. The molecule has 0 bridgehead atoms. The second-order valence-electron chi connectivity index (χ2n) is 7.97.